The van der Waals surface area contributed by atoms with Crippen LogP contribution >= 0.6 is 0 Å². The van der Waals surface area contributed by atoms with Crippen LogP contribution in [0.5, 0.6) is 0 Å². The fraction of sp³-hybridized carbons (Fsp3) is 0.471. The highest BCUT2D eigenvalue weighted by Crippen LogP contribution is 2.36. The summed E-state index contributed by atoms with van der Waals surface area (Å²) in [5.41, 5.74) is 3.03. The fourth-order valence-electron chi connectivity index (χ4n) is 2.89. The molecule has 0 radical (unpaired) electrons. The summed E-state index contributed by atoms with van der Waals surface area (Å²) in [5, 5.41) is 0. The van der Waals surface area contributed by atoms with Crippen LogP contribution in [0.25, 0.3) is 0 Å². The summed E-state index contributed by atoms with van der Waals surface area (Å²) in [4.78, 5) is 14.1. The first-order valence-corrected chi connectivity index (χ1v) is 7.57. The van der Waals surface area contributed by atoms with Crippen molar-refractivity contribution in [1.29, 1.82) is 0 Å². The molecule has 22 heavy (non-hydrogen) atoms. The molecule has 0 bridgehead atoms. The molecule has 1 saturated heterocycles. The minimum atomic E-state index is -4.33. The van der Waals surface area contributed by atoms with Crippen molar-refractivity contribution in [2.24, 2.45) is 0 Å². The Morgan fingerprint density at radius 1 is 0.955 bits per heavy atom. The number of hydrogen-bond donors (Lipinski definition) is 0. The van der Waals surface area contributed by atoms with Crippen molar-refractivity contribution < 1.29 is 18.0 Å². The number of rotatable bonds is 2. The molecule has 1 saturated carbocycles. The Balaban J connectivity index is 1.56. The predicted octanol–water partition coefficient (Wildman–Crippen LogP) is 3.96. The van der Waals surface area contributed by atoms with E-state index in [9.17, 15) is 18.0 Å². The number of halogens is 3. The molecule has 2 nitrogen and oxygen atoms in total. The van der Waals surface area contributed by atoms with Crippen LogP contribution in [-0.2, 0) is 17.4 Å². The first-order valence-electron chi connectivity index (χ1n) is 7.57. The third-order valence-electron chi connectivity index (χ3n) is 4.36. The predicted molar refractivity (Wildman–Crippen MR) is 77.2 cm³/mol. The molecule has 1 amide bonds. The van der Waals surface area contributed by atoms with Crippen molar-refractivity contribution in [3.63, 3.8) is 0 Å². The lowest BCUT2D eigenvalue weighted by molar-refractivity contribution is -0.137. The molecular formula is C17H18F3NO. The molecule has 1 aromatic carbocycles. The molecule has 1 aliphatic carbocycles. The van der Waals surface area contributed by atoms with E-state index in [1.165, 1.54) is 30.5 Å². The van der Waals surface area contributed by atoms with Crippen LogP contribution in [0.3, 0.4) is 0 Å². The Hall–Kier alpha value is -1.78. The van der Waals surface area contributed by atoms with Crippen molar-refractivity contribution >= 4 is 5.91 Å². The summed E-state index contributed by atoms with van der Waals surface area (Å²) < 4.78 is 37.5. The first kappa shape index (κ1) is 15.1. The second-order valence-corrected chi connectivity index (χ2v) is 5.96. The van der Waals surface area contributed by atoms with E-state index in [-0.39, 0.29) is 12.3 Å². The smallest absolute Gasteiger partial charge is 0.342 e. The zero-order chi connectivity index (χ0) is 15.7. The van der Waals surface area contributed by atoms with Gasteiger partial charge in [0.25, 0.3) is 0 Å². The number of carbonyl (C=O) groups is 1. The van der Waals surface area contributed by atoms with E-state index in [1.54, 1.807) is 5.57 Å². The molecular weight excluding hydrogens is 291 g/mol. The van der Waals surface area contributed by atoms with Gasteiger partial charge in [-0.1, -0.05) is 23.3 Å². The van der Waals surface area contributed by atoms with Gasteiger partial charge in [-0.25, -0.2) is 0 Å². The number of likely N-dealkylation sites (tertiary alicyclic amines) is 1. The maximum absolute atomic E-state index is 12.5. The minimum absolute atomic E-state index is 0.000365. The monoisotopic (exact) mass is 309 g/mol. The van der Waals surface area contributed by atoms with Gasteiger partial charge >= 0.3 is 6.18 Å². The summed E-state index contributed by atoms with van der Waals surface area (Å²) in [5.74, 6) is -0.000365. The van der Waals surface area contributed by atoms with Crippen molar-refractivity contribution in [2.45, 2.75) is 38.3 Å². The van der Waals surface area contributed by atoms with Crippen LogP contribution in [0.4, 0.5) is 13.2 Å². The topological polar surface area (TPSA) is 20.3 Å². The summed E-state index contributed by atoms with van der Waals surface area (Å²) in [6, 6.07) is 4.85. The maximum atomic E-state index is 12.5. The molecule has 1 aliphatic heterocycles. The number of alkyl halides is 3. The maximum Gasteiger partial charge on any atom is 0.416 e. The quantitative estimate of drug-likeness (QED) is 0.757. The highest BCUT2D eigenvalue weighted by Gasteiger charge is 2.30. The number of benzene rings is 1. The Kier molecular flexibility index (Phi) is 3.98. The van der Waals surface area contributed by atoms with Crippen molar-refractivity contribution in [3.8, 4) is 0 Å². The van der Waals surface area contributed by atoms with Crippen LogP contribution in [0, 0.1) is 0 Å². The van der Waals surface area contributed by atoms with E-state index >= 15 is 0 Å². The Morgan fingerprint density at radius 2 is 1.50 bits per heavy atom. The molecule has 0 N–H and O–H groups in total. The Labute approximate surface area is 127 Å². The number of amides is 1. The van der Waals surface area contributed by atoms with Gasteiger partial charge < -0.3 is 4.90 Å². The Morgan fingerprint density at radius 3 is 2.00 bits per heavy atom. The highest BCUT2D eigenvalue weighted by atomic mass is 19.4. The van der Waals surface area contributed by atoms with E-state index in [0.717, 1.165) is 38.1 Å². The number of piperidine rings is 1. The summed E-state index contributed by atoms with van der Waals surface area (Å²) in [6.07, 6.45) is 0.179. The molecule has 2 aliphatic rings. The Bertz CT molecular complexity index is 585. The number of allylic oxidation sites excluding steroid dienone is 1. The van der Waals surface area contributed by atoms with Gasteiger partial charge in [0.1, 0.15) is 0 Å². The molecule has 5 heteroatoms. The third kappa shape index (κ3) is 3.51. The van der Waals surface area contributed by atoms with Gasteiger partial charge in [0.05, 0.1) is 12.0 Å². The molecule has 2 fully saturated rings. The van der Waals surface area contributed by atoms with E-state index in [1.807, 2.05) is 4.90 Å². The summed E-state index contributed by atoms with van der Waals surface area (Å²) in [7, 11) is 0. The average Bonchev–Trinajstić information content (AvgIpc) is 3.32. The lowest BCUT2D eigenvalue weighted by atomic mass is 10.0. The zero-order valence-electron chi connectivity index (χ0n) is 12.2. The molecule has 0 spiro atoms. The van der Waals surface area contributed by atoms with E-state index < -0.39 is 11.7 Å². The van der Waals surface area contributed by atoms with Gasteiger partial charge in [-0.05, 0) is 43.4 Å². The molecule has 1 aromatic rings. The summed E-state index contributed by atoms with van der Waals surface area (Å²) >= 11 is 0. The van der Waals surface area contributed by atoms with Crippen LogP contribution in [0.1, 0.15) is 36.8 Å². The number of nitrogens with zero attached hydrogens (tertiary/aromatic N) is 1. The normalized spacial score (nSPS) is 18.6. The lowest BCUT2D eigenvalue weighted by Crippen LogP contribution is -2.37. The van der Waals surface area contributed by atoms with Gasteiger partial charge in [0.2, 0.25) is 5.91 Å². The number of carbonyl (C=O) groups excluding carboxylic acids is 1. The SMILES string of the molecule is O=C(Cc1ccc(C(F)(F)F)cc1)N1CCC(=C2CC2)CC1. The largest absolute Gasteiger partial charge is 0.416 e. The molecule has 0 aromatic heterocycles. The summed E-state index contributed by atoms with van der Waals surface area (Å²) in [6.45, 7) is 1.47. The number of hydrogen-bond acceptors (Lipinski definition) is 1. The van der Waals surface area contributed by atoms with Crippen LogP contribution in [0.15, 0.2) is 35.4 Å². The molecule has 0 unspecified atom stereocenters. The lowest BCUT2D eigenvalue weighted by Gasteiger charge is -2.28. The van der Waals surface area contributed by atoms with Crippen molar-refractivity contribution in [3.05, 3.63) is 46.5 Å². The van der Waals surface area contributed by atoms with Crippen LogP contribution < -0.4 is 0 Å². The van der Waals surface area contributed by atoms with Crippen LogP contribution in [0.2, 0.25) is 0 Å². The van der Waals surface area contributed by atoms with E-state index in [2.05, 4.69) is 0 Å². The second kappa shape index (κ2) is 5.78. The van der Waals surface area contributed by atoms with Gasteiger partial charge in [0, 0.05) is 13.1 Å². The van der Waals surface area contributed by atoms with Gasteiger partial charge in [-0.15, -0.1) is 0 Å². The van der Waals surface area contributed by atoms with Gasteiger partial charge in [0.15, 0.2) is 0 Å². The minimum Gasteiger partial charge on any atom is -0.342 e. The third-order valence-corrected chi connectivity index (χ3v) is 4.36. The van der Waals surface area contributed by atoms with Crippen molar-refractivity contribution in [1.82, 2.24) is 4.90 Å². The zero-order valence-corrected chi connectivity index (χ0v) is 12.2. The standard InChI is InChI=1S/C17H18F3NO/c18-17(19,20)15-5-1-12(2-6-15)11-16(22)21-9-7-14(8-10-21)13-3-4-13/h1-2,5-6H,3-4,7-11H2. The van der Waals surface area contributed by atoms with Gasteiger partial charge in [-0.2, -0.15) is 13.2 Å². The molecule has 118 valence electrons. The van der Waals surface area contributed by atoms with Crippen molar-refractivity contribution in [2.75, 3.05) is 13.1 Å². The second-order valence-electron chi connectivity index (χ2n) is 5.96. The van der Waals surface area contributed by atoms with E-state index in [0.29, 0.717) is 5.56 Å². The molecule has 3 rings (SSSR count). The fourth-order valence-corrected chi connectivity index (χ4v) is 2.89. The first-order chi connectivity index (χ1) is 10.4. The highest BCUT2D eigenvalue weighted by molar-refractivity contribution is 5.79. The van der Waals surface area contributed by atoms with Gasteiger partial charge in [-0.3, -0.25) is 4.79 Å². The molecule has 0 atom stereocenters. The average molecular weight is 309 g/mol. The van der Waals surface area contributed by atoms with Crippen LogP contribution in [-0.4, -0.2) is 23.9 Å². The molecule has 1 heterocycles. The van der Waals surface area contributed by atoms with E-state index in [4.69, 9.17) is 0 Å².